The van der Waals surface area contributed by atoms with Gasteiger partial charge >= 0.3 is 6.18 Å². The van der Waals surface area contributed by atoms with Crippen LogP contribution in [0.1, 0.15) is 17.5 Å². The Morgan fingerprint density at radius 2 is 1.50 bits per heavy atom. The molecule has 0 heterocycles. The van der Waals surface area contributed by atoms with Gasteiger partial charge in [-0.1, -0.05) is 12.1 Å². The molecule has 0 atom stereocenters. The van der Waals surface area contributed by atoms with Gasteiger partial charge in [0.2, 0.25) is 0 Å². The molecule has 0 aliphatic rings. The average molecular weight is 263 g/mol. The van der Waals surface area contributed by atoms with Crippen molar-refractivity contribution in [3.8, 4) is 0 Å². The lowest BCUT2D eigenvalue weighted by Crippen LogP contribution is -2.47. The number of aliphatic hydroxyl groups excluding tert-OH is 2. The quantitative estimate of drug-likeness (QED) is 0.750. The molecule has 0 radical (unpaired) electrons. The molecule has 102 valence electrons. The Kier molecular flexibility index (Phi) is 4.72. The van der Waals surface area contributed by atoms with Crippen LogP contribution in [0.15, 0.2) is 24.3 Å². The van der Waals surface area contributed by atoms with Crippen LogP contribution >= 0.6 is 0 Å². The van der Waals surface area contributed by atoms with E-state index >= 15 is 0 Å². The average Bonchev–Trinajstić information content (AvgIpc) is 2.35. The number of nitrogens with two attached hydrogens (primary N) is 1. The lowest BCUT2D eigenvalue weighted by molar-refractivity contribution is -0.137. The van der Waals surface area contributed by atoms with E-state index in [1.165, 1.54) is 12.1 Å². The Hall–Kier alpha value is -1.11. The molecular formula is C12H16F3NO2. The van der Waals surface area contributed by atoms with Crippen molar-refractivity contribution in [1.82, 2.24) is 0 Å². The van der Waals surface area contributed by atoms with Gasteiger partial charge in [0.15, 0.2) is 0 Å². The summed E-state index contributed by atoms with van der Waals surface area (Å²) >= 11 is 0. The zero-order valence-electron chi connectivity index (χ0n) is 9.74. The smallest absolute Gasteiger partial charge is 0.394 e. The van der Waals surface area contributed by atoms with E-state index in [2.05, 4.69) is 0 Å². The van der Waals surface area contributed by atoms with Crippen molar-refractivity contribution in [3.63, 3.8) is 0 Å². The molecule has 0 aromatic heterocycles. The number of rotatable bonds is 5. The molecule has 0 amide bonds. The Balaban J connectivity index is 2.65. The number of alkyl halides is 3. The fourth-order valence-electron chi connectivity index (χ4n) is 1.46. The summed E-state index contributed by atoms with van der Waals surface area (Å²) in [5.74, 6) is 0. The molecule has 0 saturated carbocycles. The molecule has 0 aliphatic heterocycles. The van der Waals surface area contributed by atoms with Gasteiger partial charge in [-0.2, -0.15) is 13.2 Å². The second kappa shape index (κ2) is 5.69. The third kappa shape index (κ3) is 3.97. The molecule has 0 bridgehead atoms. The number of halogens is 3. The van der Waals surface area contributed by atoms with Crippen molar-refractivity contribution in [2.75, 3.05) is 13.2 Å². The van der Waals surface area contributed by atoms with Crippen molar-refractivity contribution in [1.29, 1.82) is 0 Å². The van der Waals surface area contributed by atoms with Crippen LogP contribution in [0.3, 0.4) is 0 Å². The molecule has 0 unspecified atom stereocenters. The maximum Gasteiger partial charge on any atom is 0.416 e. The minimum absolute atomic E-state index is 0.297. The van der Waals surface area contributed by atoms with Crippen molar-refractivity contribution in [2.45, 2.75) is 24.6 Å². The van der Waals surface area contributed by atoms with E-state index in [-0.39, 0.29) is 13.2 Å². The highest BCUT2D eigenvalue weighted by Gasteiger charge is 2.30. The molecule has 0 spiro atoms. The maximum absolute atomic E-state index is 12.3. The van der Waals surface area contributed by atoms with Crippen LogP contribution in [0.4, 0.5) is 13.2 Å². The highest BCUT2D eigenvalue weighted by Crippen LogP contribution is 2.29. The standard InChI is InChI=1S/C12H16F3NO2/c13-12(14,15)10-3-1-9(2-4-10)5-6-11(16,7-17)8-18/h1-4,17-18H,5-8,16H2. The highest BCUT2D eigenvalue weighted by atomic mass is 19.4. The molecule has 0 aliphatic carbocycles. The van der Waals surface area contributed by atoms with Gasteiger partial charge in [-0.15, -0.1) is 0 Å². The first kappa shape index (κ1) is 14.9. The van der Waals surface area contributed by atoms with Crippen LogP contribution in [-0.4, -0.2) is 29.0 Å². The Morgan fingerprint density at radius 1 is 1.00 bits per heavy atom. The summed E-state index contributed by atoms with van der Waals surface area (Å²) < 4.78 is 37.0. The molecule has 3 nitrogen and oxygen atoms in total. The molecular weight excluding hydrogens is 247 g/mol. The lowest BCUT2D eigenvalue weighted by Gasteiger charge is -2.24. The summed E-state index contributed by atoms with van der Waals surface area (Å²) in [5.41, 5.74) is 4.55. The highest BCUT2D eigenvalue weighted by molar-refractivity contribution is 5.24. The van der Waals surface area contributed by atoms with Crippen LogP contribution in [-0.2, 0) is 12.6 Å². The molecule has 0 fully saturated rings. The molecule has 0 saturated heterocycles. The SMILES string of the molecule is NC(CO)(CO)CCc1ccc(C(F)(F)F)cc1. The Morgan fingerprint density at radius 3 is 1.89 bits per heavy atom. The van der Waals surface area contributed by atoms with Gasteiger partial charge in [0.25, 0.3) is 0 Å². The lowest BCUT2D eigenvalue weighted by atomic mass is 9.94. The molecule has 1 aromatic carbocycles. The first-order valence-corrected chi connectivity index (χ1v) is 5.47. The van der Waals surface area contributed by atoms with Crippen LogP contribution in [0.25, 0.3) is 0 Å². The largest absolute Gasteiger partial charge is 0.416 e. The summed E-state index contributed by atoms with van der Waals surface area (Å²) in [5, 5.41) is 18.0. The normalized spacial score (nSPS) is 12.8. The van der Waals surface area contributed by atoms with E-state index in [9.17, 15) is 13.2 Å². The minimum atomic E-state index is -4.34. The van der Waals surface area contributed by atoms with Crippen LogP contribution < -0.4 is 5.73 Å². The Labute approximate surface area is 103 Å². The zero-order valence-corrected chi connectivity index (χ0v) is 9.74. The molecule has 6 heteroatoms. The molecule has 1 aromatic rings. The van der Waals surface area contributed by atoms with Crippen LogP contribution in [0.2, 0.25) is 0 Å². The summed E-state index contributed by atoms with van der Waals surface area (Å²) in [6.45, 7) is -0.742. The maximum atomic E-state index is 12.3. The van der Waals surface area contributed by atoms with E-state index in [1.54, 1.807) is 0 Å². The molecule has 4 N–H and O–H groups in total. The zero-order chi connectivity index (χ0) is 13.8. The summed E-state index contributed by atoms with van der Waals surface area (Å²) in [6.07, 6.45) is -3.65. The van der Waals surface area contributed by atoms with Gasteiger partial charge in [-0.3, -0.25) is 0 Å². The van der Waals surface area contributed by atoms with E-state index < -0.39 is 17.3 Å². The number of benzene rings is 1. The number of hydrogen-bond acceptors (Lipinski definition) is 3. The van der Waals surface area contributed by atoms with Crippen molar-refractivity contribution in [3.05, 3.63) is 35.4 Å². The van der Waals surface area contributed by atoms with E-state index in [4.69, 9.17) is 15.9 Å². The number of aliphatic hydroxyl groups is 2. The van der Waals surface area contributed by atoms with Crippen LogP contribution in [0.5, 0.6) is 0 Å². The molecule has 18 heavy (non-hydrogen) atoms. The van der Waals surface area contributed by atoms with Gasteiger partial charge in [0.1, 0.15) is 0 Å². The van der Waals surface area contributed by atoms with Crippen LogP contribution in [0, 0.1) is 0 Å². The fourth-order valence-corrected chi connectivity index (χ4v) is 1.46. The number of hydrogen-bond donors (Lipinski definition) is 3. The van der Waals surface area contributed by atoms with Gasteiger partial charge in [0.05, 0.1) is 24.3 Å². The predicted octanol–water partition coefficient (Wildman–Crippen LogP) is 1.32. The van der Waals surface area contributed by atoms with E-state index in [1.807, 2.05) is 0 Å². The van der Waals surface area contributed by atoms with E-state index in [0.29, 0.717) is 18.4 Å². The topological polar surface area (TPSA) is 66.5 Å². The number of aryl methyl sites for hydroxylation is 1. The van der Waals surface area contributed by atoms with Crippen molar-refractivity contribution in [2.24, 2.45) is 5.73 Å². The second-order valence-electron chi connectivity index (χ2n) is 4.37. The monoisotopic (exact) mass is 263 g/mol. The van der Waals surface area contributed by atoms with Crippen molar-refractivity contribution >= 4 is 0 Å². The fraction of sp³-hybridized carbons (Fsp3) is 0.500. The Bertz CT molecular complexity index is 372. The summed E-state index contributed by atoms with van der Waals surface area (Å²) in [7, 11) is 0. The van der Waals surface area contributed by atoms with Gasteiger partial charge in [0, 0.05) is 0 Å². The minimum Gasteiger partial charge on any atom is -0.394 e. The third-order valence-corrected chi connectivity index (χ3v) is 2.82. The second-order valence-corrected chi connectivity index (χ2v) is 4.37. The first-order chi connectivity index (χ1) is 8.30. The van der Waals surface area contributed by atoms with Crippen molar-refractivity contribution < 1.29 is 23.4 Å². The van der Waals surface area contributed by atoms with Gasteiger partial charge < -0.3 is 15.9 Å². The predicted molar refractivity (Wildman–Crippen MR) is 60.9 cm³/mol. The van der Waals surface area contributed by atoms with Gasteiger partial charge in [-0.05, 0) is 30.5 Å². The summed E-state index contributed by atoms with van der Waals surface area (Å²) in [4.78, 5) is 0. The third-order valence-electron chi connectivity index (χ3n) is 2.82. The first-order valence-electron chi connectivity index (χ1n) is 5.47. The van der Waals surface area contributed by atoms with E-state index in [0.717, 1.165) is 12.1 Å². The molecule has 1 rings (SSSR count). The summed E-state index contributed by atoms with van der Waals surface area (Å²) in [6, 6.07) is 4.76. The van der Waals surface area contributed by atoms with Gasteiger partial charge in [-0.25, -0.2) is 0 Å².